The van der Waals surface area contributed by atoms with E-state index in [1.807, 2.05) is 18.2 Å². The van der Waals surface area contributed by atoms with Gasteiger partial charge < -0.3 is 9.64 Å². The van der Waals surface area contributed by atoms with Crippen LogP contribution in [0, 0.1) is 0 Å². The molecular formula is C15H17ClN2O. The summed E-state index contributed by atoms with van der Waals surface area (Å²) < 4.78 is 5.68. The second-order valence-electron chi connectivity index (χ2n) is 4.97. The van der Waals surface area contributed by atoms with E-state index in [0.29, 0.717) is 18.5 Å². The Morgan fingerprint density at radius 1 is 1.32 bits per heavy atom. The molecule has 0 aliphatic carbocycles. The molecule has 3 rings (SSSR count). The van der Waals surface area contributed by atoms with E-state index in [-0.39, 0.29) is 6.10 Å². The number of aromatic nitrogens is 1. The maximum atomic E-state index is 5.90. The minimum atomic E-state index is 0.0890. The van der Waals surface area contributed by atoms with Gasteiger partial charge in [-0.05, 0) is 25.1 Å². The highest BCUT2D eigenvalue weighted by atomic mass is 35.5. The zero-order valence-electron chi connectivity index (χ0n) is 10.9. The fraction of sp³-hybridized carbons (Fsp3) is 0.400. The lowest BCUT2D eigenvalue weighted by atomic mass is 10.2. The van der Waals surface area contributed by atoms with Crippen LogP contribution >= 0.6 is 11.6 Å². The van der Waals surface area contributed by atoms with Crippen LogP contribution in [0.4, 0.5) is 5.82 Å². The first-order valence-electron chi connectivity index (χ1n) is 6.58. The van der Waals surface area contributed by atoms with Crippen LogP contribution in [0.3, 0.4) is 0 Å². The summed E-state index contributed by atoms with van der Waals surface area (Å²) in [7, 11) is 0. The topological polar surface area (TPSA) is 25.4 Å². The number of para-hydroxylation sites is 1. The molecule has 1 aromatic carbocycles. The standard InChI is InChI=1S/C15H17ClN2O/c1-11-10-19-13(8-16)9-18(11)15-7-6-12-4-2-3-5-14(12)17-15/h2-7,11,13H,8-10H2,1H3. The van der Waals surface area contributed by atoms with Crippen molar-refractivity contribution in [3.05, 3.63) is 36.4 Å². The number of pyridine rings is 1. The molecule has 0 spiro atoms. The Balaban J connectivity index is 1.93. The highest BCUT2D eigenvalue weighted by Gasteiger charge is 2.26. The van der Waals surface area contributed by atoms with Crippen molar-refractivity contribution in [3.63, 3.8) is 0 Å². The number of morpholine rings is 1. The van der Waals surface area contributed by atoms with E-state index >= 15 is 0 Å². The van der Waals surface area contributed by atoms with Crippen LogP contribution in [-0.2, 0) is 4.74 Å². The zero-order valence-corrected chi connectivity index (χ0v) is 11.7. The maximum absolute atomic E-state index is 5.90. The number of anilines is 1. The average Bonchev–Trinajstić information content (AvgIpc) is 2.47. The van der Waals surface area contributed by atoms with Crippen LogP contribution < -0.4 is 4.90 Å². The summed E-state index contributed by atoms with van der Waals surface area (Å²) in [5.74, 6) is 1.53. The van der Waals surface area contributed by atoms with E-state index in [2.05, 4.69) is 30.0 Å². The third kappa shape index (κ3) is 2.53. The molecule has 1 aliphatic rings. The maximum Gasteiger partial charge on any atom is 0.129 e. The van der Waals surface area contributed by atoms with E-state index in [9.17, 15) is 0 Å². The highest BCUT2D eigenvalue weighted by Crippen LogP contribution is 2.23. The van der Waals surface area contributed by atoms with Gasteiger partial charge in [0.2, 0.25) is 0 Å². The molecule has 100 valence electrons. The molecule has 1 saturated heterocycles. The predicted molar refractivity (Wildman–Crippen MR) is 79.0 cm³/mol. The summed E-state index contributed by atoms with van der Waals surface area (Å²) in [5, 5.41) is 1.17. The van der Waals surface area contributed by atoms with Crippen molar-refractivity contribution in [3.8, 4) is 0 Å². The van der Waals surface area contributed by atoms with Crippen molar-refractivity contribution in [2.75, 3.05) is 23.9 Å². The molecule has 0 N–H and O–H groups in total. The number of nitrogens with zero attached hydrogens (tertiary/aromatic N) is 2. The van der Waals surface area contributed by atoms with Crippen LogP contribution in [0.25, 0.3) is 10.9 Å². The van der Waals surface area contributed by atoms with Crippen LogP contribution in [0.15, 0.2) is 36.4 Å². The smallest absolute Gasteiger partial charge is 0.129 e. The molecule has 0 bridgehead atoms. The first-order valence-corrected chi connectivity index (χ1v) is 7.11. The van der Waals surface area contributed by atoms with Gasteiger partial charge in [0, 0.05) is 11.9 Å². The van der Waals surface area contributed by atoms with Gasteiger partial charge in [0.25, 0.3) is 0 Å². The fourth-order valence-corrected chi connectivity index (χ4v) is 2.63. The largest absolute Gasteiger partial charge is 0.373 e. The van der Waals surface area contributed by atoms with Gasteiger partial charge in [0.15, 0.2) is 0 Å². The van der Waals surface area contributed by atoms with Gasteiger partial charge in [-0.15, -0.1) is 11.6 Å². The third-order valence-corrected chi connectivity index (χ3v) is 3.90. The Morgan fingerprint density at radius 2 is 2.16 bits per heavy atom. The number of ether oxygens (including phenoxy) is 1. The van der Waals surface area contributed by atoms with Crippen molar-refractivity contribution in [2.45, 2.75) is 19.1 Å². The summed E-state index contributed by atoms with van der Waals surface area (Å²) in [4.78, 5) is 7.03. The Hall–Kier alpha value is -1.32. The molecule has 0 saturated carbocycles. The second-order valence-corrected chi connectivity index (χ2v) is 5.28. The van der Waals surface area contributed by atoms with Gasteiger partial charge in [-0.25, -0.2) is 4.98 Å². The summed E-state index contributed by atoms with van der Waals surface area (Å²) in [6.07, 6.45) is 0.0890. The number of hydrogen-bond donors (Lipinski definition) is 0. The summed E-state index contributed by atoms with van der Waals surface area (Å²) in [6.45, 7) is 3.66. The molecule has 4 heteroatoms. The SMILES string of the molecule is CC1COC(CCl)CN1c1ccc2ccccc2n1. The number of fused-ring (bicyclic) bond motifs is 1. The van der Waals surface area contributed by atoms with Crippen LogP contribution in [0.5, 0.6) is 0 Å². The number of alkyl halides is 1. The average molecular weight is 277 g/mol. The number of halogens is 1. The highest BCUT2D eigenvalue weighted by molar-refractivity contribution is 6.18. The lowest BCUT2D eigenvalue weighted by molar-refractivity contribution is 0.0361. The quantitative estimate of drug-likeness (QED) is 0.789. The minimum Gasteiger partial charge on any atom is -0.373 e. The molecule has 19 heavy (non-hydrogen) atoms. The van der Waals surface area contributed by atoms with E-state index in [0.717, 1.165) is 17.9 Å². The van der Waals surface area contributed by atoms with Crippen LogP contribution in [-0.4, -0.2) is 36.2 Å². The predicted octanol–water partition coefficient (Wildman–Crippen LogP) is 3.07. The molecular weight excluding hydrogens is 260 g/mol. The van der Waals surface area contributed by atoms with Crippen molar-refractivity contribution in [2.24, 2.45) is 0 Å². The number of rotatable bonds is 2. The fourth-order valence-electron chi connectivity index (χ4n) is 2.45. The van der Waals surface area contributed by atoms with Crippen molar-refractivity contribution in [1.29, 1.82) is 0 Å². The van der Waals surface area contributed by atoms with Gasteiger partial charge in [0.1, 0.15) is 5.82 Å². The van der Waals surface area contributed by atoms with E-state index in [1.54, 1.807) is 0 Å². The van der Waals surface area contributed by atoms with Gasteiger partial charge in [-0.3, -0.25) is 0 Å². The van der Waals surface area contributed by atoms with Crippen molar-refractivity contribution in [1.82, 2.24) is 4.98 Å². The number of benzene rings is 1. The Labute approximate surface area is 118 Å². The third-order valence-electron chi connectivity index (χ3n) is 3.56. The molecule has 2 aromatic rings. The summed E-state index contributed by atoms with van der Waals surface area (Å²) in [5.41, 5.74) is 1.03. The number of hydrogen-bond acceptors (Lipinski definition) is 3. The van der Waals surface area contributed by atoms with E-state index < -0.39 is 0 Å². The van der Waals surface area contributed by atoms with Gasteiger partial charge in [0.05, 0.1) is 30.1 Å². The van der Waals surface area contributed by atoms with E-state index in [4.69, 9.17) is 21.3 Å². The molecule has 2 heterocycles. The van der Waals surface area contributed by atoms with Gasteiger partial charge >= 0.3 is 0 Å². The molecule has 1 aromatic heterocycles. The second kappa shape index (κ2) is 5.35. The molecule has 1 aliphatic heterocycles. The molecule has 3 nitrogen and oxygen atoms in total. The molecule has 0 radical (unpaired) electrons. The first kappa shape index (κ1) is 12.7. The van der Waals surface area contributed by atoms with Crippen molar-refractivity contribution >= 4 is 28.3 Å². The molecule has 0 amide bonds. The van der Waals surface area contributed by atoms with Crippen LogP contribution in [0.2, 0.25) is 0 Å². The van der Waals surface area contributed by atoms with Gasteiger partial charge in [-0.1, -0.05) is 18.2 Å². The first-order chi connectivity index (χ1) is 9.28. The molecule has 1 fully saturated rings. The summed E-state index contributed by atoms with van der Waals surface area (Å²) >= 11 is 5.90. The Bertz CT molecular complexity index is 575. The van der Waals surface area contributed by atoms with E-state index in [1.165, 1.54) is 5.39 Å². The normalized spacial score (nSPS) is 23.8. The lowest BCUT2D eigenvalue weighted by Gasteiger charge is -2.38. The molecule has 2 atom stereocenters. The van der Waals surface area contributed by atoms with Gasteiger partial charge in [-0.2, -0.15) is 0 Å². The van der Waals surface area contributed by atoms with Crippen molar-refractivity contribution < 1.29 is 4.74 Å². The minimum absolute atomic E-state index is 0.0890. The Kier molecular flexibility index (Phi) is 3.58. The lowest BCUT2D eigenvalue weighted by Crippen LogP contribution is -2.49. The van der Waals surface area contributed by atoms with Crippen LogP contribution in [0.1, 0.15) is 6.92 Å². The zero-order chi connectivity index (χ0) is 13.2. The Morgan fingerprint density at radius 3 is 3.00 bits per heavy atom. The molecule has 2 unspecified atom stereocenters. The summed E-state index contributed by atoms with van der Waals surface area (Å²) in [6, 6.07) is 12.7. The monoisotopic (exact) mass is 276 g/mol.